The van der Waals surface area contributed by atoms with Crippen molar-refractivity contribution in [1.82, 2.24) is 9.88 Å². The van der Waals surface area contributed by atoms with Crippen molar-refractivity contribution in [3.8, 4) is 17.6 Å². The summed E-state index contributed by atoms with van der Waals surface area (Å²) in [5, 5.41) is 28.1. The molecule has 172 valence electrons. The van der Waals surface area contributed by atoms with Gasteiger partial charge in [-0.2, -0.15) is 5.26 Å². The summed E-state index contributed by atoms with van der Waals surface area (Å²) < 4.78 is 5.73. The average molecular weight is 447 g/mol. The molecule has 2 N–H and O–H groups in total. The second-order valence-electron chi connectivity index (χ2n) is 9.88. The van der Waals surface area contributed by atoms with E-state index in [1.165, 1.54) is 0 Å². The van der Waals surface area contributed by atoms with Crippen molar-refractivity contribution in [2.24, 2.45) is 0 Å². The number of ether oxygens (including phenoxy) is 1. The summed E-state index contributed by atoms with van der Waals surface area (Å²) in [6.07, 6.45) is 3.20. The predicted molar refractivity (Wildman–Crippen MR) is 125 cm³/mol. The molecule has 0 saturated heterocycles. The van der Waals surface area contributed by atoms with Crippen molar-refractivity contribution >= 4 is 11.6 Å². The van der Waals surface area contributed by atoms with Crippen molar-refractivity contribution in [3.05, 3.63) is 52.3 Å². The molecule has 0 unspecified atom stereocenters. The number of aromatic hydroxyl groups is 1. The van der Waals surface area contributed by atoms with Crippen LogP contribution in [0.15, 0.2) is 24.3 Å². The Bertz CT molecular complexity index is 1140. The Kier molecular flexibility index (Phi) is 6.11. The molecule has 7 nitrogen and oxygen atoms in total. The highest BCUT2D eigenvalue weighted by molar-refractivity contribution is 6.04. The van der Waals surface area contributed by atoms with Crippen molar-refractivity contribution in [1.29, 1.82) is 10.7 Å². The number of phenolic OH excluding ortho intramolecular Hbond substituents is 1. The zero-order valence-electron chi connectivity index (χ0n) is 19.4. The number of hydrogen-bond donors (Lipinski definition) is 2. The molecule has 1 aromatic heterocycles. The van der Waals surface area contributed by atoms with Crippen LogP contribution < -0.4 is 4.74 Å². The van der Waals surface area contributed by atoms with Crippen LogP contribution in [-0.4, -0.2) is 39.8 Å². The van der Waals surface area contributed by atoms with Gasteiger partial charge in [-0.05, 0) is 42.9 Å². The summed E-state index contributed by atoms with van der Waals surface area (Å²) in [6, 6.07) is 9.43. The first-order chi connectivity index (χ1) is 15.7. The number of nitrogens with one attached hydrogen (secondary N) is 1. The van der Waals surface area contributed by atoms with Gasteiger partial charge in [-0.1, -0.05) is 26.8 Å². The van der Waals surface area contributed by atoms with Gasteiger partial charge in [-0.25, -0.2) is 4.98 Å². The second-order valence-corrected chi connectivity index (χ2v) is 9.88. The van der Waals surface area contributed by atoms with E-state index in [0.29, 0.717) is 42.1 Å². The fourth-order valence-electron chi connectivity index (χ4n) is 4.06. The standard InChI is InChI=1S/C26H30N4O3/c1-26(2,3)19-12-18(13-22(24(19)32)33-11-5-4-10-27)21(31)15-30-14-17-8-9-20(16-6-7-16)29-23(17)25(30)28/h8-9,12-13,16,28,32H,4-7,11,14-15H2,1-3H3. The van der Waals surface area contributed by atoms with E-state index in [4.69, 9.17) is 20.4 Å². The Labute approximate surface area is 194 Å². The smallest absolute Gasteiger partial charge is 0.182 e. The molecule has 1 aromatic carbocycles. The van der Waals surface area contributed by atoms with Crippen LogP contribution in [0.4, 0.5) is 0 Å². The minimum absolute atomic E-state index is 0.0223. The fourth-order valence-corrected chi connectivity index (χ4v) is 4.06. The SMILES string of the molecule is CC(C)(C)c1cc(C(=O)CN2Cc3ccc(C4CC4)nc3C2=N)cc(OCCCC#N)c1O. The van der Waals surface area contributed by atoms with Gasteiger partial charge >= 0.3 is 0 Å². The van der Waals surface area contributed by atoms with Crippen LogP contribution in [0.25, 0.3) is 0 Å². The molecular formula is C26H30N4O3. The summed E-state index contributed by atoms with van der Waals surface area (Å²) >= 11 is 0. The average Bonchev–Trinajstić information content (AvgIpc) is 3.57. The summed E-state index contributed by atoms with van der Waals surface area (Å²) in [5.74, 6) is 0.914. The van der Waals surface area contributed by atoms with E-state index in [9.17, 15) is 9.90 Å². The van der Waals surface area contributed by atoms with Gasteiger partial charge in [-0.3, -0.25) is 10.2 Å². The van der Waals surface area contributed by atoms with E-state index in [1.807, 2.05) is 32.9 Å². The summed E-state index contributed by atoms with van der Waals surface area (Å²) in [6.45, 7) is 6.71. The molecule has 1 fully saturated rings. The van der Waals surface area contributed by atoms with Crippen LogP contribution in [0, 0.1) is 16.7 Å². The monoisotopic (exact) mass is 446 g/mol. The first-order valence-corrected chi connectivity index (χ1v) is 11.4. The van der Waals surface area contributed by atoms with Crippen molar-refractivity contribution in [2.45, 2.75) is 64.3 Å². The van der Waals surface area contributed by atoms with E-state index in [0.717, 1.165) is 24.1 Å². The van der Waals surface area contributed by atoms with Crippen LogP contribution in [-0.2, 0) is 12.0 Å². The second kappa shape index (κ2) is 8.86. The number of aromatic nitrogens is 1. The number of nitrogens with zero attached hydrogens (tertiary/aromatic N) is 3. The molecule has 1 aliphatic carbocycles. The zero-order chi connectivity index (χ0) is 23.8. The molecular weight excluding hydrogens is 416 g/mol. The molecule has 0 radical (unpaired) electrons. The first-order valence-electron chi connectivity index (χ1n) is 11.4. The maximum Gasteiger partial charge on any atom is 0.182 e. The third-order valence-corrected chi connectivity index (χ3v) is 6.13. The number of nitriles is 1. The van der Waals surface area contributed by atoms with Crippen LogP contribution in [0.3, 0.4) is 0 Å². The fraction of sp³-hybridized carbons (Fsp3) is 0.462. The number of benzene rings is 1. The Balaban J connectivity index is 1.54. The largest absolute Gasteiger partial charge is 0.504 e. The molecule has 0 atom stereocenters. The maximum absolute atomic E-state index is 13.3. The van der Waals surface area contributed by atoms with Gasteiger partial charge in [0.2, 0.25) is 0 Å². The summed E-state index contributed by atoms with van der Waals surface area (Å²) in [5.41, 5.74) is 3.35. The lowest BCUT2D eigenvalue weighted by atomic mass is 9.84. The number of Topliss-reactive ketones (excluding diaryl/α,β-unsaturated/α-hetero) is 1. The topological polar surface area (TPSA) is 110 Å². The molecule has 2 heterocycles. The molecule has 0 bridgehead atoms. The number of fused-ring (bicyclic) bond motifs is 1. The molecule has 1 aliphatic heterocycles. The molecule has 2 aromatic rings. The zero-order valence-corrected chi connectivity index (χ0v) is 19.4. The number of phenols is 1. The first kappa shape index (κ1) is 22.8. The number of rotatable bonds is 8. The van der Waals surface area contributed by atoms with E-state index in [1.54, 1.807) is 17.0 Å². The lowest BCUT2D eigenvalue weighted by Gasteiger charge is -2.24. The van der Waals surface area contributed by atoms with Gasteiger partial charge in [0.25, 0.3) is 0 Å². The molecule has 1 saturated carbocycles. The Morgan fingerprint density at radius 2 is 2.09 bits per heavy atom. The number of carbonyl (C=O) groups excluding carboxylic acids is 1. The third-order valence-electron chi connectivity index (χ3n) is 6.13. The normalized spacial score (nSPS) is 15.3. The number of ketones is 1. The van der Waals surface area contributed by atoms with E-state index in [-0.39, 0.29) is 36.3 Å². The van der Waals surface area contributed by atoms with Gasteiger partial charge in [0.1, 0.15) is 11.5 Å². The molecule has 33 heavy (non-hydrogen) atoms. The van der Waals surface area contributed by atoms with Crippen molar-refractivity contribution in [2.75, 3.05) is 13.2 Å². The Morgan fingerprint density at radius 3 is 2.76 bits per heavy atom. The van der Waals surface area contributed by atoms with Crippen molar-refractivity contribution < 1.29 is 14.6 Å². The van der Waals surface area contributed by atoms with E-state index >= 15 is 0 Å². The highest BCUT2D eigenvalue weighted by Crippen LogP contribution is 2.40. The minimum Gasteiger partial charge on any atom is -0.504 e. The van der Waals surface area contributed by atoms with E-state index in [2.05, 4.69) is 6.07 Å². The lowest BCUT2D eigenvalue weighted by Crippen LogP contribution is -2.30. The van der Waals surface area contributed by atoms with Crippen LogP contribution in [0.5, 0.6) is 11.5 Å². The highest BCUT2D eigenvalue weighted by atomic mass is 16.5. The Hall–Kier alpha value is -3.40. The van der Waals surface area contributed by atoms with Crippen LogP contribution in [0.1, 0.15) is 85.2 Å². The van der Waals surface area contributed by atoms with Gasteiger partial charge in [0.05, 0.1) is 19.2 Å². The number of unbranched alkanes of at least 4 members (excludes halogenated alkanes) is 1. The predicted octanol–water partition coefficient (Wildman–Crippen LogP) is 4.67. The lowest BCUT2D eigenvalue weighted by molar-refractivity contribution is 0.0962. The quantitative estimate of drug-likeness (QED) is 0.450. The van der Waals surface area contributed by atoms with Crippen LogP contribution >= 0.6 is 0 Å². The van der Waals surface area contributed by atoms with E-state index < -0.39 is 5.41 Å². The third kappa shape index (κ3) is 4.85. The Morgan fingerprint density at radius 1 is 1.33 bits per heavy atom. The number of pyridine rings is 1. The van der Waals surface area contributed by atoms with Gasteiger partial charge in [0.15, 0.2) is 17.3 Å². The summed E-state index contributed by atoms with van der Waals surface area (Å²) in [4.78, 5) is 19.7. The van der Waals surface area contributed by atoms with Gasteiger partial charge in [-0.15, -0.1) is 0 Å². The number of hydrogen-bond acceptors (Lipinski definition) is 6. The number of carbonyl (C=O) groups is 1. The number of amidine groups is 1. The van der Waals surface area contributed by atoms with Gasteiger partial charge < -0.3 is 14.7 Å². The molecule has 7 heteroatoms. The molecule has 0 amide bonds. The molecule has 2 aliphatic rings. The molecule has 0 spiro atoms. The minimum atomic E-state index is -0.398. The maximum atomic E-state index is 13.3. The van der Waals surface area contributed by atoms with Crippen molar-refractivity contribution in [3.63, 3.8) is 0 Å². The van der Waals surface area contributed by atoms with Crippen LogP contribution in [0.2, 0.25) is 0 Å². The van der Waals surface area contributed by atoms with Gasteiger partial charge in [0, 0.05) is 41.3 Å². The summed E-state index contributed by atoms with van der Waals surface area (Å²) in [7, 11) is 0. The molecule has 4 rings (SSSR count). The highest BCUT2D eigenvalue weighted by Gasteiger charge is 2.32.